The topological polar surface area (TPSA) is 52.6 Å². The van der Waals surface area contributed by atoms with E-state index < -0.39 is 0 Å². The van der Waals surface area contributed by atoms with Crippen LogP contribution < -0.4 is 20.4 Å². The molecule has 1 aliphatic heterocycles. The maximum atomic E-state index is 6.46. The largest absolute Gasteiger partial charge is 0.494 e. The Bertz CT molecular complexity index is 909. The van der Waals surface area contributed by atoms with Crippen molar-refractivity contribution in [2.75, 3.05) is 23.8 Å². The molecule has 0 saturated carbocycles. The summed E-state index contributed by atoms with van der Waals surface area (Å²) < 4.78 is 6.57. The first kappa shape index (κ1) is 15.3. The van der Waals surface area contributed by atoms with Crippen LogP contribution in [0.4, 0.5) is 17.2 Å². The van der Waals surface area contributed by atoms with Crippen molar-refractivity contribution in [3.8, 4) is 5.75 Å². The van der Waals surface area contributed by atoms with Crippen LogP contribution in [-0.4, -0.2) is 13.2 Å². The van der Waals surface area contributed by atoms with Crippen LogP contribution in [0.15, 0.2) is 46.9 Å². The van der Waals surface area contributed by atoms with Crippen LogP contribution in [0.2, 0.25) is 0 Å². The predicted molar refractivity (Wildman–Crippen MR) is 101 cm³/mol. The first-order valence-corrected chi connectivity index (χ1v) is 8.90. The zero-order valence-electron chi connectivity index (χ0n) is 13.5. The van der Waals surface area contributed by atoms with Crippen LogP contribution in [0, 0.1) is 0 Å². The lowest BCUT2D eigenvalue weighted by Gasteiger charge is -2.13. The van der Waals surface area contributed by atoms with E-state index in [9.17, 15) is 0 Å². The number of nitrogens with two attached hydrogens (primary N) is 1. The molecule has 24 heavy (non-hydrogen) atoms. The molecule has 0 radical (unpaired) electrons. The van der Waals surface area contributed by atoms with Crippen molar-refractivity contribution in [3.05, 3.63) is 52.5 Å². The number of benzene rings is 2. The van der Waals surface area contributed by atoms with Gasteiger partial charge in [0.15, 0.2) is 0 Å². The molecule has 0 spiro atoms. The molecule has 2 heterocycles. The van der Waals surface area contributed by atoms with Gasteiger partial charge in [0.25, 0.3) is 5.82 Å². The number of anilines is 3. The number of nitrogens with one attached hydrogen (secondary N) is 1. The number of aromatic amines is 1. The molecule has 1 aliphatic rings. The second-order valence-corrected chi connectivity index (χ2v) is 6.80. The van der Waals surface area contributed by atoms with Crippen LogP contribution in [0.1, 0.15) is 12.5 Å². The minimum atomic E-state index is 0.678. The molecule has 2 aromatic carbocycles. The Morgan fingerprint density at radius 3 is 2.75 bits per heavy atom. The Morgan fingerprint density at radius 1 is 1.21 bits per heavy atom. The minimum Gasteiger partial charge on any atom is -0.494 e. The van der Waals surface area contributed by atoms with Gasteiger partial charge in [-0.05, 0) is 49.4 Å². The first-order valence-electron chi connectivity index (χ1n) is 8.10. The van der Waals surface area contributed by atoms with E-state index in [1.807, 2.05) is 25.1 Å². The number of hydrogen-bond acceptors (Lipinski definition) is 3. The number of pyridine rings is 1. The number of nitrogens with zero attached hydrogens (tertiary/aromatic N) is 1. The predicted octanol–water partition coefficient (Wildman–Crippen LogP) is 4.09. The van der Waals surface area contributed by atoms with Gasteiger partial charge in [0.05, 0.1) is 24.4 Å². The van der Waals surface area contributed by atoms with E-state index in [1.165, 1.54) is 5.56 Å². The fourth-order valence-electron chi connectivity index (χ4n) is 3.31. The summed E-state index contributed by atoms with van der Waals surface area (Å²) in [5, 5.41) is 1.07. The monoisotopic (exact) mass is 384 g/mol. The maximum absolute atomic E-state index is 6.46. The molecular weight excluding hydrogens is 366 g/mol. The lowest BCUT2D eigenvalue weighted by atomic mass is 10.1. The van der Waals surface area contributed by atoms with E-state index in [2.05, 4.69) is 50.1 Å². The zero-order valence-corrected chi connectivity index (χ0v) is 15.1. The highest BCUT2D eigenvalue weighted by atomic mass is 79.9. The van der Waals surface area contributed by atoms with Crippen molar-refractivity contribution in [2.45, 2.75) is 13.3 Å². The third kappa shape index (κ3) is 2.49. The average molecular weight is 385 g/mol. The van der Waals surface area contributed by atoms with Gasteiger partial charge in [0, 0.05) is 16.3 Å². The van der Waals surface area contributed by atoms with Gasteiger partial charge >= 0.3 is 0 Å². The average Bonchev–Trinajstić information content (AvgIpc) is 3.01. The summed E-state index contributed by atoms with van der Waals surface area (Å²) in [6.45, 7) is 3.59. The third-order valence-corrected chi connectivity index (χ3v) is 4.94. The lowest BCUT2D eigenvalue weighted by Crippen LogP contribution is -2.21. The Hall–Kier alpha value is -2.27. The molecule has 3 aromatic rings. The molecule has 1 aromatic heterocycles. The van der Waals surface area contributed by atoms with Crippen LogP contribution >= 0.6 is 15.9 Å². The highest BCUT2D eigenvalue weighted by Gasteiger charge is 2.32. The Balaban J connectivity index is 1.78. The summed E-state index contributed by atoms with van der Waals surface area (Å²) in [6, 6.07) is 14.4. The van der Waals surface area contributed by atoms with Crippen LogP contribution in [0.3, 0.4) is 0 Å². The molecular formula is C19H19BrN3O+. The molecule has 0 bridgehead atoms. The number of H-pyrrole nitrogens is 1. The van der Waals surface area contributed by atoms with Crippen molar-refractivity contribution < 1.29 is 9.72 Å². The number of hydrogen-bond donors (Lipinski definition) is 1. The zero-order chi connectivity index (χ0) is 16.7. The van der Waals surface area contributed by atoms with Gasteiger partial charge in [0.2, 0.25) is 0 Å². The van der Waals surface area contributed by atoms with Crippen LogP contribution in [-0.2, 0) is 6.42 Å². The molecule has 0 aliphatic carbocycles. The van der Waals surface area contributed by atoms with E-state index in [4.69, 9.17) is 10.5 Å². The van der Waals surface area contributed by atoms with Crippen molar-refractivity contribution >= 4 is 44.0 Å². The van der Waals surface area contributed by atoms with E-state index in [-0.39, 0.29) is 0 Å². The summed E-state index contributed by atoms with van der Waals surface area (Å²) >= 11 is 3.52. The number of rotatable bonds is 3. The van der Waals surface area contributed by atoms with Gasteiger partial charge in [-0.1, -0.05) is 15.9 Å². The van der Waals surface area contributed by atoms with Crippen molar-refractivity contribution in [1.29, 1.82) is 0 Å². The summed E-state index contributed by atoms with van der Waals surface area (Å²) in [6.07, 6.45) is 0.938. The molecule has 3 N–H and O–H groups in total. The summed E-state index contributed by atoms with van der Waals surface area (Å²) in [5.74, 6) is 1.99. The minimum absolute atomic E-state index is 0.678. The highest BCUT2D eigenvalue weighted by Crippen LogP contribution is 2.38. The molecule has 4 rings (SSSR count). The first-order chi connectivity index (χ1) is 11.7. The summed E-state index contributed by atoms with van der Waals surface area (Å²) in [5.41, 5.74) is 10.7. The van der Waals surface area contributed by atoms with Gasteiger partial charge in [-0.2, -0.15) is 0 Å². The highest BCUT2D eigenvalue weighted by molar-refractivity contribution is 9.10. The van der Waals surface area contributed by atoms with Gasteiger partial charge in [0.1, 0.15) is 17.0 Å². The third-order valence-electron chi connectivity index (χ3n) is 4.45. The Morgan fingerprint density at radius 2 is 2.00 bits per heavy atom. The van der Waals surface area contributed by atoms with E-state index in [1.54, 1.807) is 0 Å². The standard InChI is InChI=1S/C19H18BrN3O/c1-2-24-14-6-4-13(5-7-14)23-10-9-15-18(21)16-11-12(20)3-8-17(16)22-19(15)23/h3-8,11H,2,9-10H2,1H3,(H2,21,22)/p+1. The number of aromatic nitrogens is 1. The van der Waals surface area contributed by atoms with Gasteiger partial charge < -0.3 is 10.5 Å². The van der Waals surface area contributed by atoms with Gasteiger partial charge in [-0.15, -0.1) is 0 Å². The fraction of sp³-hybridized carbons (Fsp3) is 0.211. The van der Waals surface area contributed by atoms with Crippen molar-refractivity contribution in [2.24, 2.45) is 0 Å². The van der Waals surface area contributed by atoms with E-state index in [0.29, 0.717) is 6.61 Å². The SMILES string of the molecule is CCOc1ccc(N2CCc3c2[nH+]c2ccc(Br)cc2c3N)cc1. The molecule has 0 fully saturated rings. The smallest absolute Gasteiger partial charge is 0.285 e. The quantitative estimate of drug-likeness (QED) is 0.739. The second-order valence-electron chi connectivity index (χ2n) is 5.88. The molecule has 122 valence electrons. The van der Waals surface area contributed by atoms with Crippen LogP contribution in [0.5, 0.6) is 5.75 Å². The van der Waals surface area contributed by atoms with E-state index >= 15 is 0 Å². The van der Waals surface area contributed by atoms with Crippen molar-refractivity contribution in [1.82, 2.24) is 0 Å². The number of halogens is 1. The fourth-order valence-corrected chi connectivity index (χ4v) is 3.67. The summed E-state index contributed by atoms with van der Waals surface area (Å²) in [7, 11) is 0. The summed E-state index contributed by atoms with van der Waals surface area (Å²) in [4.78, 5) is 5.84. The Kier molecular flexibility index (Phi) is 3.81. The molecule has 0 atom stereocenters. The molecule has 0 amide bonds. The van der Waals surface area contributed by atoms with Crippen LogP contribution in [0.25, 0.3) is 10.9 Å². The lowest BCUT2D eigenvalue weighted by molar-refractivity contribution is -0.329. The molecule has 0 saturated heterocycles. The normalized spacial score (nSPS) is 13.3. The molecule has 4 nitrogen and oxygen atoms in total. The number of fused-ring (bicyclic) bond motifs is 2. The maximum Gasteiger partial charge on any atom is 0.285 e. The molecule has 0 unspecified atom stereocenters. The van der Waals surface area contributed by atoms with Gasteiger partial charge in [-0.3, -0.25) is 0 Å². The Labute approximate surface area is 149 Å². The number of ether oxygens (including phenoxy) is 1. The van der Waals surface area contributed by atoms with Crippen molar-refractivity contribution in [3.63, 3.8) is 0 Å². The molecule has 5 heteroatoms. The number of nitrogen functional groups attached to an aromatic ring is 1. The van der Waals surface area contributed by atoms with Gasteiger partial charge in [-0.25, -0.2) is 9.88 Å². The van der Waals surface area contributed by atoms with E-state index in [0.717, 1.165) is 51.3 Å². The second kappa shape index (κ2) is 5.98.